The van der Waals surface area contributed by atoms with Crippen LogP contribution in [-0.2, 0) is 9.53 Å². The molecule has 0 aliphatic heterocycles. The average molecular weight is 266 g/mol. The van der Waals surface area contributed by atoms with Crippen LogP contribution >= 0.6 is 0 Å². The molecule has 0 saturated heterocycles. The van der Waals surface area contributed by atoms with Gasteiger partial charge < -0.3 is 15.2 Å². The van der Waals surface area contributed by atoms with Crippen molar-refractivity contribution in [2.45, 2.75) is 32.3 Å². The molecule has 0 radical (unpaired) electrons. The fourth-order valence-corrected chi connectivity index (χ4v) is 1.40. The maximum absolute atomic E-state index is 11.5. The molecule has 2 N–H and O–H groups in total. The van der Waals surface area contributed by atoms with Crippen LogP contribution in [-0.4, -0.2) is 34.3 Å². The molecule has 1 aromatic heterocycles. The van der Waals surface area contributed by atoms with Crippen molar-refractivity contribution in [1.82, 2.24) is 10.3 Å². The summed E-state index contributed by atoms with van der Waals surface area (Å²) in [5, 5.41) is 11.6. The maximum Gasteiger partial charge on any atom is 0.407 e. The summed E-state index contributed by atoms with van der Waals surface area (Å²) in [6.07, 6.45) is 0.869. The highest BCUT2D eigenvalue weighted by Gasteiger charge is 2.23. The van der Waals surface area contributed by atoms with Crippen LogP contribution in [0.3, 0.4) is 0 Å². The Kier molecular flexibility index (Phi) is 4.86. The number of carboxylic acids is 1. The second kappa shape index (κ2) is 6.17. The average Bonchev–Trinajstić information content (AvgIpc) is 2.27. The van der Waals surface area contributed by atoms with Gasteiger partial charge in [-0.05, 0) is 32.9 Å². The van der Waals surface area contributed by atoms with E-state index in [0.717, 1.165) is 0 Å². The van der Waals surface area contributed by atoms with Crippen LogP contribution in [0.4, 0.5) is 4.79 Å². The van der Waals surface area contributed by atoms with Gasteiger partial charge in [0, 0.05) is 12.7 Å². The number of rotatable bonds is 4. The Bertz CT molecular complexity index is 440. The summed E-state index contributed by atoms with van der Waals surface area (Å²) in [7, 11) is 0. The second-order valence-electron chi connectivity index (χ2n) is 5.03. The van der Waals surface area contributed by atoms with E-state index in [1.54, 1.807) is 39.0 Å². The topological polar surface area (TPSA) is 88.5 Å². The number of nitrogens with zero attached hydrogens (tertiary/aromatic N) is 1. The quantitative estimate of drug-likeness (QED) is 0.867. The Morgan fingerprint density at radius 3 is 2.58 bits per heavy atom. The second-order valence-corrected chi connectivity index (χ2v) is 5.03. The molecule has 19 heavy (non-hydrogen) atoms. The summed E-state index contributed by atoms with van der Waals surface area (Å²) < 4.78 is 5.04. The normalized spacial score (nSPS) is 12.6. The van der Waals surface area contributed by atoms with E-state index in [1.165, 1.54) is 6.20 Å². The number of aromatic nitrogens is 1. The number of carboxylic acid groups (broad SMARTS) is 1. The zero-order valence-corrected chi connectivity index (χ0v) is 11.2. The molecule has 6 heteroatoms. The van der Waals surface area contributed by atoms with Crippen molar-refractivity contribution < 1.29 is 19.4 Å². The lowest BCUT2D eigenvalue weighted by Crippen LogP contribution is -2.36. The molecule has 0 aliphatic carbocycles. The highest BCUT2D eigenvalue weighted by Crippen LogP contribution is 2.12. The van der Waals surface area contributed by atoms with Crippen LogP contribution in [0.5, 0.6) is 0 Å². The van der Waals surface area contributed by atoms with E-state index in [4.69, 9.17) is 9.84 Å². The van der Waals surface area contributed by atoms with Crippen molar-refractivity contribution in [3.63, 3.8) is 0 Å². The molecule has 104 valence electrons. The molecule has 1 unspecified atom stereocenters. The van der Waals surface area contributed by atoms with E-state index in [9.17, 15) is 9.59 Å². The Labute approximate surface area is 111 Å². The first-order valence-electron chi connectivity index (χ1n) is 5.90. The smallest absolute Gasteiger partial charge is 0.407 e. The fraction of sp³-hybridized carbons (Fsp3) is 0.462. The number of alkyl carbamates (subject to hydrolysis) is 1. The van der Waals surface area contributed by atoms with Crippen LogP contribution in [0.25, 0.3) is 0 Å². The van der Waals surface area contributed by atoms with Gasteiger partial charge in [-0.25, -0.2) is 4.79 Å². The van der Waals surface area contributed by atoms with Gasteiger partial charge in [-0.2, -0.15) is 0 Å². The predicted octanol–water partition coefficient (Wildman–Crippen LogP) is 1.77. The maximum atomic E-state index is 11.5. The van der Waals surface area contributed by atoms with E-state index in [1.807, 2.05) is 0 Å². The van der Waals surface area contributed by atoms with E-state index in [2.05, 4.69) is 10.3 Å². The number of pyridine rings is 1. The number of hydrogen-bond donors (Lipinski definition) is 2. The van der Waals surface area contributed by atoms with E-state index in [-0.39, 0.29) is 6.54 Å². The summed E-state index contributed by atoms with van der Waals surface area (Å²) in [5.74, 6) is -1.94. The fourth-order valence-electron chi connectivity index (χ4n) is 1.40. The Morgan fingerprint density at radius 1 is 1.42 bits per heavy atom. The lowest BCUT2D eigenvalue weighted by molar-refractivity contribution is -0.138. The lowest BCUT2D eigenvalue weighted by atomic mass is 10.1. The van der Waals surface area contributed by atoms with Crippen molar-refractivity contribution in [2.24, 2.45) is 0 Å². The molecular weight excluding hydrogens is 248 g/mol. The lowest BCUT2D eigenvalue weighted by Gasteiger charge is -2.20. The van der Waals surface area contributed by atoms with Gasteiger partial charge >= 0.3 is 12.1 Å². The van der Waals surface area contributed by atoms with Crippen LogP contribution < -0.4 is 5.32 Å². The number of ether oxygens (including phenoxy) is 1. The monoisotopic (exact) mass is 266 g/mol. The molecule has 0 aromatic carbocycles. The predicted molar refractivity (Wildman–Crippen MR) is 68.9 cm³/mol. The largest absolute Gasteiger partial charge is 0.481 e. The summed E-state index contributed by atoms with van der Waals surface area (Å²) in [6.45, 7) is 5.14. The molecule has 1 aromatic rings. The number of amides is 1. The van der Waals surface area contributed by atoms with E-state index in [0.29, 0.717) is 5.69 Å². The van der Waals surface area contributed by atoms with E-state index >= 15 is 0 Å². The third-order valence-corrected chi connectivity index (χ3v) is 2.19. The number of aliphatic carboxylic acids is 1. The first-order valence-corrected chi connectivity index (χ1v) is 5.90. The zero-order chi connectivity index (χ0) is 14.5. The molecule has 1 atom stereocenters. The van der Waals surface area contributed by atoms with Gasteiger partial charge in [-0.1, -0.05) is 6.07 Å². The van der Waals surface area contributed by atoms with Crippen molar-refractivity contribution in [1.29, 1.82) is 0 Å². The molecule has 0 spiro atoms. The molecule has 0 bridgehead atoms. The van der Waals surface area contributed by atoms with Gasteiger partial charge in [0.1, 0.15) is 11.5 Å². The number of carbonyl (C=O) groups is 2. The van der Waals surface area contributed by atoms with E-state index < -0.39 is 23.6 Å². The third-order valence-electron chi connectivity index (χ3n) is 2.19. The Hall–Kier alpha value is -2.11. The molecule has 6 nitrogen and oxygen atoms in total. The van der Waals surface area contributed by atoms with Crippen molar-refractivity contribution in [2.75, 3.05) is 6.54 Å². The van der Waals surface area contributed by atoms with Gasteiger partial charge in [0.2, 0.25) is 0 Å². The minimum atomic E-state index is -1.05. The van der Waals surface area contributed by atoms with Crippen LogP contribution in [0.15, 0.2) is 24.4 Å². The molecule has 1 rings (SSSR count). The van der Waals surface area contributed by atoms with Crippen molar-refractivity contribution in [3.05, 3.63) is 30.1 Å². The summed E-state index contributed by atoms with van der Waals surface area (Å²) in [4.78, 5) is 26.6. The number of hydrogen-bond acceptors (Lipinski definition) is 4. The van der Waals surface area contributed by atoms with Gasteiger partial charge in [-0.3, -0.25) is 9.78 Å². The first kappa shape index (κ1) is 14.9. The molecular formula is C13H18N2O4. The standard InChI is InChI=1S/C13H18N2O4/c1-13(2,3)19-12(18)15-8-9(11(16)17)10-6-4-5-7-14-10/h4-7,9H,8H2,1-3H3,(H,15,18)(H,16,17). The zero-order valence-electron chi connectivity index (χ0n) is 11.2. The molecule has 1 heterocycles. The van der Waals surface area contributed by atoms with Gasteiger partial charge in [0.15, 0.2) is 0 Å². The van der Waals surface area contributed by atoms with Crippen molar-refractivity contribution >= 4 is 12.1 Å². The Morgan fingerprint density at radius 2 is 2.11 bits per heavy atom. The van der Waals surface area contributed by atoms with Gasteiger partial charge in [-0.15, -0.1) is 0 Å². The first-order chi connectivity index (χ1) is 8.79. The van der Waals surface area contributed by atoms with Crippen LogP contribution in [0, 0.1) is 0 Å². The minimum absolute atomic E-state index is 0.0682. The number of nitrogens with one attached hydrogen (secondary N) is 1. The molecule has 0 fully saturated rings. The minimum Gasteiger partial charge on any atom is -0.481 e. The summed E-state index contributed by atoms with van der Waals surface area (Å²) >= 11 is 0. The van der Waals surface area contributed by atoms with Crippen molar-refractivity contribution in [3.8, 4) is 0 Å². The molecule has 0 aliphatic rings. The highest BCUT2D eigenvalue weighted by atomic mass is 16.6. The van der Waals surface area contributed by atoms with Gasteiger partial charge in [0.25, 0.3) is 0 Å². The number of carbonyl (C=O) groups excluding carboxylic acids is 1. The van der Waals surface area contributed by atoms with Gasteiger partial charge in [0.05, 0.1) is 5.69 Å². The molecule has 0 saturated carbocycles. The Balaban J connectivity index is 2.62. The van der Waals surface area contributed by atoms with Crippen LogP contribution in [0.1, 0.15) is 32.4 Å². The highest BCUT2D eigenvalue weighted by molar-refractivity contribution is 5.77. The summed E-state index contributed by atoms with van der Waals surface area (Å²) in [6, 6.07) is 5.00. The van der Waals surface area contributed by atoms with Crippen LogP contribution in [0.2, 0.25) is 0 Å². The third kappa shape index (κ3) is 5.37. The SMILES string of the molecule is CC(C)(C)OC(=O)NCC(C(=O)O)c1ccccn1. The summed E-state index contributed by atoms with van der Waals surface area (Å²) in [5.41, 5.74) is -0.223. The molecule has 1 amide bonds.